The molecule has 12 heteroatoms. The molecule has 1 aliphatic heterocycles. The molecule has 0 saturated heterocycles. The first-order chi connectivity index (χ1) is 21.9. The predicted octanol–water partition coefficient (Wildman–Crippen LogP) is 5.45. The van der Waals surface area contributed by atoms with Gasteiger partial charge in [-0.05, 0) is 52.8 Å². The van der Waals surface area contributed by atoms with Crippen LogP contribution in [0.25, 0.3) is 22.5 Å². The van der Waals surface area contributed by atoms with Gasteiger partial charge in [0, 0.05) is 17.5 Å². The molecule has 232 valence electrons. The molecule has 0 radical (unpaired) electrons. The van der Waals surface area contributed by atoms with Gasteiger partial charge in [0.25, 0.3) is 11.8 Å². The van der Waals surface area contributed by atoms with Crippen molar-refractivity contribution in [1.82, 2.24) is 30.5 Å². The number of tetrazole rings is 1. The maximum Gasteiger partial charge on any atom is 0.297 e. The van der Waals surface area contributed by atoms with Crippen LogP contribution in [-0.2, 0) is 22.8 Å². The normalized spacial score (nSPS) is 15.8. The number of hydrogen-bond acceptors (Lipinski definition) is 10. The second-order valence-corrected chi connectivity index (χ2v) is 11.4. The van der Waals surface area contributed by atoms with Crippen molar-refractivity contribution in [3.05, 3.63) is 89.5 Å². The van der Waals surface area contributed by atoms with E-state index in [9.17, 15) is 9.59 Å². The molecule has 12 nitrogen and oxygen atoms in total. The SMILES string of the molecule is CCCCC1=NC2(CCCC2)C(=O)N1Cc1ccc(-c2ccccc2-c2nnn(C(=O)c3ccccc3CON(O)O)n2)cc1. The van der Waals surface area contributed by atoms with E-state index in [0.717, 1.165) is 72.3 Å². The molecule has 0 unspecified atom stereocenters. The molecule has 1 spiro atoms. The molecule has 1 aromatic heterocycles. The minimum absolute atomic E-state index is 0.142. The first-order valence-corrected chi connectivity index (χ1v) is 15.2. The van der Waals surface area contributed by atoms with Crippen molar-refractivity contribution in [2.45, 2.75) is 70.6 Å². The Bertz CT molecular complexity index is 1710. The van der Waals surface area contributed by atoms with Gasteiger partial charge in [-0.2, -0.15) is 0 Å². The van der Waals surface area contributed by atoms with Gasteiger partial charge in [-0.25, -0.2) is 4.84 Å². The third kappa shape index (κ3) is 6.31. The van der Waals surface area contributed by atoms with Crippen molar-refractivity contribution in [3.63, 3.8) is 0 Å². The largest absolute Gasteiger partial charge is 0.297 e. The van der Waals surface area contributed by atoms with E-state index in [0.29, 0.717) is 17.7 Å². The van der Waals surface area contributed by atoms with Crippen LogP contribution in [0.1, 0.15) is 73.4 Å². The van der Waals surface area contributed by atoms with E-state index in [1.54, 1.807) is 24.3 Å². The Kier molecular flexibility index (Phi) is 8.90. The van der Waals surface area contributed by atoms with E-state index >= 15 is 0 Å². The van der Waals surface area contributed by atoms with Crippen molar-refractivity contribution in [2.24, 2.45) is 4.99 Å². The highest BCUT2D eigenvalue weighted by Crippen LogP contribution is 2.40. The van der Waals surface area contributed by atoms with E-state index in [4.69, 9.17) is 15.4 Å². The molecule has 2 aliphatic rings. The maximum absolute atomic E-state index is 13.6. The lowest BCUT2D eigenvalue weighted by molar-refractivity contribution is -0.497. The Morgan fingerprint density at radius 2 is 1.69 bits per heavy atom. The summed E-state index contributed by atoms with van der Waals surface area (Å²) in [4.78, 5) is 39.3. The molecule has 1 aliphatic carbocycles. The molecule has 45 heavy (non-hydrogen) atoms. The van der Waals surface area contributed by atoms with E-state index in [1.165, 1.54) is 0 Å². The van der Waals surface area contributed by atoms with Gasteiger partial charge in [0.05, 0.1) is 18.5 Å². The summed E-state index contributed by atoms with van der Waals surface area (Å²) in [7, 11) is 0. The van der Waals surface area contributed by atoms with Crippen LogP contribution in [0, 0.1) is 0 Å². The molecular weight excluding hydrogens is 574 g/mol. The summed E-state index contributed by atoms with van der Waals surface area (Å²) in [6.45, 7) is 2.39. The van der Waals surface area contributed by atoms with Gasteiger partial charge in [-0.15, -0.1) is 10.2 Å². The zero-order chi connectivity index (χ0) is 31.4. The van der Waals surface area contributed by atoms with Crippen LogP contribution >= 0.6 is 0 Å². The van der Waals surface area contributed by atoms with Crippen molar-refractivity contribution in [3.8, 4) is 22.5 Å². The van der Waals surface area contributed by atoms with Gasteiger partial charge in [0.2, 0.25) is 5.82 Å². The van der Waals surface area contributed by atoms with Crippen LogP contribution in [0.2, 0.25) is 0 Å². The van der Waals surface area contributed by atoms with Gasteiger partial charge >= 0.3 is 0 Å². The third-order valence-electron chi connectivity index (χ3n) is 8.43. The van der Waals surface area contributed by atoms with Crippen LogP contribution in [0.4, 0.5) is 0 Å². The average molecular weight is 610 g/mol. The second kappa shape index (κ2) is 13.2. The van der Waals surface area contributed by atoms with Crippen molar-refractivity contribution >= 4 is 17.6 Å². The predicted molar refractivity (Wildman–Crippen MR) is 164 cm³/mol. The van der Waals surface area contributed by atoms with Crippen molar-refractivity contribution in [2.75, 3.05) is 0 Å². The first-order valence-electron chi connectivity index (χ1n) is 15.2. The number of aliphatic imine (C=N–C) groups is 1. The average Bonchev–Trinajstić information content (AvgIpc) is 3.81. The summed E-state index contributed by atoms with van der Waals surface area (Å²) in [5, 5.41) is 29.9. The quantitative estimate of drug-likeness (QED) is 0.212. The zero-order valence-corrected chi connectivity index (χ0v) is 25.0. The number of carbonyl (C=O) groups is 2. The molecular formula is C33H35N7O5. The van der Waals surface area contributed by atoms with Crippen LogP contribution in [0.3, 0.4) is 0 Å². The monoisotopic (exact) mass is 609 g/mol. The Morgan fingerprint density at radius 3 is 2.42 bits per heavy atom. The van der Waals surface area contributed by atoms with Gasteiger partial charge < -0.3 is 0 Å². The number of aromatic nitrogens is 4. The molecule has 1 amide bonds. The van der Waals surface area contributed by atoms with Crippen LogP contribution in [0.5, 0.6) is 0 Å². The number of rotatable bonds is 11. The summed E-state index contributed by atoms with van der Waals surface area (Å²) in [5.74, 6) is 0.786. The molecule has 3 aromatic carbocycles. The molecule has 1 saturated carbocycles. The van der Waals surface area contributed by atoms with Crippen molar-refractivity contribution < 1.29 is 24.8 Å². The lowest BCUT2D eigenvalue weighted by atomic mass is 9.97. The van der Waals surface area contributed by atoms with Gasteiger partial charge in [-0.3, -0.25) is 29.9 Å². The highest BCUT2D eigenvalue weighted by Gasteiger charge is 2.49. The van der Waals surface area contributed by atoms with Crippen LogP contribution in [-0.4, -0.2) is 64.1 Å². The Hall–Kier alpha value is -4.62. The third-order valence-corrected chi connectivity index (χ3v) is 8.43. The van der Waals surface area contributed by atoms with Crippen molar-refractivity contribution in [1.29, 1.82) is 0 Å². The number of hydrogen-bond donors (Lipinski definition) is 2. The minimum Gasteiger partial charge on any atom is -0.294 e. The molecule has 0 atom stereocenters. The first kappa shape index (κ1) is 30.4. The summed E-state index contributed by atoms with van der Waals surface area (Å²) in [5.41, 5.74) is 3.60. The number of amides is 1. The van der Waals surface area contributed by atoms with E-state index in [-0.39, 0.29) is 23.9 Å². The van der Waals surface area contributed by atoms with Gasteiger partial charge in [0.15, 0.2) is 0 Å². The summed E-state index contributed by atoms with van der Waals surface area (Å²) in [6, 6.07) is 22.3. The molecule has 1 fully saturated rings. The molecule has 2 N–H and O–H groups in total. The summed E-state index contributed by atoms with van der Waals surface area (Å²) in [6.07, 6.45) is 6.64. The number of unbranched alkanes of at least 4 members (excludes halogenated alkanes) is 1. The Morgan fingerprint density at radius 1 is 0.978 bits per heavy atom. The summed E-state index contributed by atoms with van der Waals surface area (Å²) < 4.78 is 0. The smallest absolute Gasteiger partial charge is 0.294 e. The van der Waals surface area contributed by atoms with E-state index in [1.807, 2.05) is 53.4 Å². The topological polar surface area (TPSA) is 146 Å². The standard InChI is InChI=1S/C33H35N7O5/c1-2-3-14-29-34-33(19-8-9-20-33)32(42)38(29)21-23-15-17-24(18-16-23)26-11-6-7-13-28(26)30-35-37-39(36-30)31(41)27-12-5-4-10-25(27)22-45-40(43)44/h4-7,10-13,15-18,43-44H,2-3,8-9,14,19-22H2,1H3. The fourth-order valence-electron chi connectivity index (χ4n) is 6.10. The fourth-order valence-corrected chi connectivity index (χ4v) is 6.10. The Labute approximate surface area is 260 Å². The number of carbonyl (C=O) groups excluding carboxylic acids is 2. The number of benzene rings is 3. The molecule has 6 rings (SSSR count). The lowest BCUT2D eigenvalue weighted by Crippen LogP contribution is -2.40. The number of nitrogens with zero attached hydrogens (tertiary/aromatic N) is 7. The lowest BCUT2D eigenvalue weighted by Gasteiger charge is -2.23. The molecule has 2 heterocycles. The Balaban J connectivity index is 1.21. The molecule has 0 bridgehead atoms. The summed E-state index contributed by atoms with van der Waals surface area (Å²) >= 11 is 0. The van der Waals surface area contributed by atoms with Gasteiger partial charge in [-0.1, -0.05) is 97.7 Å². The van der Waals surface area contributed by atoms with Crippen LogP contribution < -0.4 is 0 Å². The maximum atomic E-state index is 13.6. The second-order valence-electron chi connectivity index (χ2n) is 11.4. The number of amidine groups is 1. The fraction of sp³-hybridized carbons (Fsp3) is 0.333. The minimum atomic E-state index is -0.552. The highest BCUT2D eigenvalue weighted by molar-refractivity contribution is 6.08. The van der Waals surface area contributed by atoms with E-state index in [2.05, 4.69) is 27.2 Å². The highest BCUT2D eigenvalue weighted by atomic mass is 17.1. The molecule has 4 aromatic rings. The van der Waals surface area contributed by atoms with E-state index < -0.39 is 16.8 Å². The zero-order valence-electron chi connectivity index (χ0n) is 25.0. The van der Waals surface area contributed by atoms with Crippen LogP contribution in [0.15, 0.2) is 77.8 Å². The van der Waals surface area contributed by atoms with Gasteiger partial charge in [0.1, 0.15) is 11.4 Å².